The lowest BCUT2D eigenvalue weighted by atomic mass is 10.0. The molecule has 3 N–H and O–H groups in total. The molecule has 0 fully saturated rings. The molecule has 0 aliphatic rings. The number of ether oxygens (including phenoxy) is 1. The van der Waals surface area contributed by atoms with Crippen LogP contribution in [0.3, 0.4) is 0 Å². The first-order chi connectivity index (χ1) is 8.41. The molecular weight excluding hydrogens is 238 g/mol. The van der Waals surface area contributed by atoms with Crippen LogP contribution in [0.4, 0.5) is 8.78 Å². The second-order valence-electron chi connectivity index (χ2n) is 4.45. The maximum Gasteiger partial charge on any atom is 0.387 e. The first-order valence-corrected chi connectivity index (χ1v) is 5.97. The zero-order chi connectivity index (χ0) is 13.7. The molecule has 0 radical (unpaired) electrons. The molecule has 0 saturated carbocycles. The lowest BCUT2D eigenvalue weighted by Crippen LogP contribution is -2.42. The van der Waals surface area contributed by atoms with Gasteiger partial charge in [0.2, 0.25) is 0 Å². The number of hydrogen-bond acceptors (Lipinski definition) is 3. The van der Waals surface area contributed by atoms with Crippen LogP contribution in [0.1, 0.15) is 32.4 Å². The number of nitrogens with one attached hydrogen (secondary N) is 1. The summed E-state index contributed by atoms with van der Waals surface area (Å²) < 4.78 is 29.1. The molecule has 0 spiro atoms. The summed E-state index contributed by atoms with van der Waals surface area (Å²) in [6.45, 7) is 2.93. The molecule has 3 atom stereocenters. The zero-order valence-corrected chi connectivity index (χ0v) is 10.9. The Morgan fingerprint density at radius 3 is 2.33 bits per heavy atom. The average molecular weight is 258 g/mol. The van der Waals surface area contributed by atoms with Crippen molar-refractivity contribution in [2.45, 2.75) is 45.5 Å². The minimum atomic E-state index is -2.82. The van der Waals surface area contributed by atoms with E-state index in [0.29, 0.717) is 5.56 Å². The quantitative estimate of drug-likeness (QED) is 0.824. The maximum absolute atomic E-state index is 12.3. The van der Waals surface area contributed by atoms with E-state index in [1.54, 1.807) is 18.2 Å². The number of rotatable bonds is 6. The van der Waals surface area contributed by atoms with Crippen LogP contribution in [0.25, 0.3) is 0 Å². The van der Waals surface area contributed by atoms with Crippen LogP contribution in [0.5, 0.6) is 5.75 Å². The summed E-state index contributed by atoms with van der Waals surface area (Å²) in [5.41, 5.74) is 6.47. The lowest BCUT2D eigenvalue weighted by Gasteiger charge is -2.24. The summed E-state index contributed by atoms with van der Waals surface area (Å²) >= 11 is 0. The first-order valence-electron chi connectivity index (χ1n) is 5.97. The fraction of sp³-hybridized carbons (Fsp3) is 0.538. The van der Waals surface area contributed by atoms with Gasteiger partial charge < -0.3 is 15.8 Å². The standard InChI is InChI=1S/C13H20F2N2O/c1-8(16)9(2)17-10(3)11-6-4-5-7-12(11)18-13(14)15/h4-10,13,17H,16H2,1-3H3. The van der Waals surface area contributed by atoms with E-state index in [9.17, 15) is 8.78 Å². The molecule has 0 heterocycles. The number of para-hydroxylation sites is 1. The van der Waals surface area contributed by atoms with Gasteiger partial charge in [0.15, 0.2) is 0 Å². The van der Waals surface area contributed by atoms with E-state index in [0.717, 1.165) is 0 Å². The molecule has 0 aliphatic carbocycles. The minimum absolute atomic E-state index is 0.0179. The Morgan fingerprint density at radius 2 is 1.78 bits per heavy atom. The highest BCUT2D eigenvalue weighted by Crippen LogP contribution is 2.26. The molecule has 102 valence electrons. The van der Waals surface area contributed by atoms with Crippen molar-refractivity contribution in [3.05, 3.63) is 29.8 Å². The Bertz CT molecular complexity index is 372. The molecule has 18 heavy (non-hydrogen) atoms. The van der Waals surface area contributed by atoms with Crippen LogP contribution in [0.2, 0.25) is 0 Å². The molecule has 1 aromatic rings. The van der Waals surface area contributed by atoms with Crippen LogP contribution in [0.15, 0.2) is 24.3 Å². The molecule has 0 aromatic heterocycles. The number of hydrogen-bond donors (Lipinski definition) is 2. The van der Waals surface area contributed by atoms with Gasteiger partial charge in [-0.2, -0.15) is 8.78 Å². The van der Waals surface area contributed by atoms with Crippen LogP contribution in [-0.2, 0) is 0 Å². The maximum atomic E-state index is 12.3. The summed E-state index contributed by atoms with van der Waals surface area (Å²) in [6.07, 6.45) is 0. The summed E-state index contributed by atoms with van der Waals surface area (Å²) in [6, 6.07) is 6.72. The smallest absolute Gasteiger partial charge is 0.387 e. The van der Waals surface area contributed by atoms with Gasteiger partial charge in [-0.25, -0.2) is 0 Å². The van der Waals surface area contributed by atoms with E-state index in [4.69, 9.17) is 5.73 Å². The van der Waals surface area contributed by atoms with Gasteiger partial charge in [0, 0.05) is 23.7 Å². The van der Waals surface area contributed by atoms with Gasteiger partial charge in [0.05, 0.1) is 0 Å². The highest BCUT2D eigenvalue weighted by Gasteiger charge is 2.17. The van der Waals surface area contributed by atoms with Crippen LogP contribution >= 0.6 is 0 Å². The largest absolute Gasteiger partial charge is 0.434 e. The second-order valence-corrected chi connectivity index (χ2v) is 4.45. The average Bonchev–Trinajstić information content (AvgIpc) is 2.28. The highest BCUT2D eigenvalue weighted by molar-refractivity contribution is 5.35. The summed E-state index contributed by atoms with van der Waals surface area (Å²) in [5.74, 6) is 0.198. The van der Waals surface area contributed by atoms with E-state index in [-0.39, 0.29) is 23.9 Å². The molecular formula is C13H20F2N2O. The van der Waals surface area contributed by atoms with E-state index >= 15 is 0 Å². The van der Waals surface area contributed by atoms with E-state index < -0.39 is 6.61 Å². The van der Waals surface area contributed by atoms with E-state index in [1.807, 2.05) is 20.8 Å². The van der Waals surface area contributed by atoms with Crippen molar-refractivity contribution in [1.82, 2.24) is 5.32 Å². The van der Waals surface area contributed by atoms with Crippen molar-refractivity contribution in [3.63, 3.8) is 0 Å². The van der Waals surface area contributed by atoms with Gasteiger partial charge in [-0.15, -0.1) is 0 Å². The third-order valence-electron chi connectivity index (χ3n) is 2.90. The molecule has 0 bridgehead atoms. The van der Waals surface area contributed by atoms with E-state index in [1.165, 1.54) is 6.07 Å². The predicted molar refractivity (Wildman–Crippen MR) is 67.7 cm³/mol. The number of benzene rings is 1. The molecule has 3 nitrogen and oxygen atoms in total. The van der Waals surface area contributed by atoms with Gasteiger partial charge in [-0.3, -0.25) is 0 Å². The van der Waals surface area contributed by atoms with Crippen molar-refractivity contribution in [1.29, 1.82) is 0 Å². The molecule has 1 aromatic carbocycles. The minimum Gasteiger partial charge on any atom is -0.434 e. The third kappa shape index (κ3) is 4.23. The lowest BCUT2D eigenvalue weighted by molar-refractivity contribution is -0.0506. The SMILES string of the molecule is CC(NC(C)C(C)N)c1ccccc1OC(F)F. The third-order valence-corrected chi connectivity index (χ3v) is 2.90. The monoisotopic (exact) mass is 258 g/mol. The fourth-order valence-corrected chi connectivity index (χ4v) is 1.68. The predicted octanol–water partition coefficient (Wildman–Crippen LogP) is 2.67. The van der Waals surface area contributed by atoms with Crippen molar-refractivity contribution >= 4 is 0 Å². The highest BCUT2D eigenvalue weighted by atomic mass is 19.3. The van der Waals surface area contributed by atoms with Gasteiger partial charge in [0.25, 0.3) is 0 Å². The molecule has 3 unspecified atom stereocenters. The Morgan fingerprint density at radius 1 is 1.17 bits per heavy atom. The first kappa shape index (κ1) is 14.9. The van der Waals surface area contributed by atoms with Crippen LogP contribution in [0, 0.1) is 0 Å². The topological polar surface area (TPSA) is 47.3 Å². The van der Waals surface area contributed by atoms with Crippen molar-refractivity contribution in [2.75, 3.05) is 0 Å². The molecule has 0 amide bonds. The summed E-state index contributed by atoms with van der Waals surface area (Å²) in [5, 5.41) is 3.26. The number of halogens is 2. The Hall–Kier alpha value is -1.20. The van der Waals surface area contributed by atoms with Gasteiger partial charge >= 0.3 is 6.61 Å². The number of alkyl halides is 2. The molecule has 0 aliphatic heterocycles. The molecule has 0 saturated heterocycles. The summed E-state index contributed by atoms with van der Waals surface area (Å²) in [7, 11) is 0. The van der Waals surface area contributed by atoms with Crippen LogP contribution < -0.4 is 15.8 Å². The zero-order valence-electron chi connectivity index (χ0n) is 10.9. The van der Waals surface area contributed by atoms with E-state index in [2.05, 4.69) is 10.1 Å². The van der Waals surface area contributed by atoms with Gasteiger partial charge in [-0.05, 0) is 26.8 Å². The van der Waals surface area contributed by atoms with Crippen molar-refractivity contribution in [2.24, 2.45) is 5.73 Å². The van der Waals surface area contributed by atoms with Crippen molar-refractivity contribution < 1.29 is 13.5 Å². The Labute approximate surface area is 106 Å². The number of nitrogens with two attached hydrogens (primary N) is 1. The van der Waals surface area contributed by atoms with Crippen molar-refractivity contribution in [3.8, 4) is 5.75 Å². The summed E-state index contributed by atoms with van der Waals surface area (Å²) in [4.78, 5) is 0. The van der Waals surface area contributed by atoms with Gasteiger partial charge in [-0.1, -0.05) is 18.2 Å². The fourth-order valence-electron chi connectivity index (χ4n) is 1.68. The normalized spacial score (nSPS) is 16.4. The Kier molecular flexibility index (Phi) is 5.50. The molecule has 5 heteroatoms. The Balaban J connectivity index is 2.81. The van der Waals surface area contributed by atoms with Crippen LogP contribution in [-0.4, -0.2) is 18.7 Å². The molecule has 1 rings (SSSR count). The second kappa shape index (κ2) is 6.66. The van der Waals surface area contributed by atoms with Gasteiger partial charge in [0.1, 0.15) is 5.75 Å².